The molecular formula is C22H33N5O. The molecule has 1 aromatic carbocycles. The molecule has 0 spiro atoms. The highest BCUT2D eigenvalue weighted by molar-refractivity contribution is 5.86. The van der Waals surface area contributed by atoms with E-state index in [2.05, 4.69) is 42.9 Å². The minimum Gasteiger partial charge on any atom is -0.474 e. The first-order valence-corrected chi connectivity index (χ1v) is 10.8. The molecule has 2 aliphatic heterocycles. The third-order valence-corrected chi connectivity index (χ3v) is 5.85. The standard InChI is InChI=1S/C22H33N5O/c1-18(2)28-22-20-16-19(6-7-21(20)23-17-24-22)27-14-12-26(13-15-27)11-10-25-8-4-3-5-9-25/h6-7,16-18H,3-5,8-15H2,1-2H3. The zero-order chi connectivity index (χ0) is 19.3. The number of likely N-dealkylation sites (tertiary alicyclic amines) is 1. The average Bonchev–Trinajstić information content (AvgIpc) is 2.73. The van der Waals surface area contributed by atoms with E-state index in [9.17, 15) is 0 Å². The van der Waals surface area contributed by atoms with E-state index >= 15 is 0 Å². The highest BCUT2D eigenvalue weighted by Crippen LogP contribution is 2.28. The lowest BCUT2D eigenvalue weighted by molar-refractivity contribution is 0.177. The van der Waals surface area contributed by atoms with Crippen LogP contribution in [0.2, 0.25) is 0 Å². The molecule has 152 valence electrons. The van der Waals surface area contributed by atoms with Gasteiger partial charge in [-0.05, 0) is 58.0 Å². The van der Waals surface area contributed by atoms with Crippen molar-refractivity contribution < 1.29 is 4.74 Å². The van der Waals surface area contributed by atoms with E-state index < -0.39 is 0 Å². The number of fused-ring (bicyclic) bond motifs is 1. The van der Waals surface area contributed by atoms with Crippen molar-refractivity contribution in [3.63, 3.8) is 0 Å². The largest absolute Gasteiger partial charge is 0.474 e. The minimum absolute atomic E-state index is 0.102. The molecule has 4 rings (SSSR count). The Kier molecular flexibility index (Phi) is 6.27. The van der Waals surface area contributed by atoms with Gasteiger partial charge in [0.2, 0.25) is 5.88 Å². The molecule has 1 aromatic heterocycles. The molecule has 2 aromatic rings. The molecule has 0 radical (unpaired) electrons. The summed E-state index contributed by atoms with van der Waals surface area (Å²) < 4.78 is 5.89. The molecule has 2 saturated heterocycles. The molecular weight excluding hydrogens is 350 g/mol. The number of hydrogen-bond donors (Lipinski definition) is 0. The number of aromatic nitrogens is 2. The lowest BCUT2D eigenvalue weighted by Crippen LogP contribution is -2.48. The highest BCUT2D eigenvalue weighted by Gasteiger charge is 2.19. The molecule has 28 heavy (non-hydrogen) atoms. The normalized spacial score (nSPS) is 19.5. The van der Waals surface area contributed by atoms with Gasteiger partial charge in [-0.2, -0.15) is 0 Å². The summed E-state index contributed by atoms with van der Waals surface area (Å²) in [6, 6.07) is 6.45. The Hall–Kier alpha value is -1.92. The fourth-order valence-corrected chi connectivity index (χ4v) is 4.23. The summed E-state index contributed by atoms with van der Waals surface area (Å²) in [6.45, 7) is 13.5. The van der Waals surface area contributed by atoms with Gasteiger partial charge < -0.3 is 14.5 Å². The number of piperazine rings is 1. The third kappa shape index (κ3) is 4.73. The summed E-state index contributed by atoms with van der Waals surface area (Å²) >= 11 is 0. The van der Waals surface area contributed by atoms with E-state index in [1.54, 1.807) is 6.33 Å². The lowest BCUT2D eigenvalue weighted by atomic mass is 10.1. The van der Waals surface area contributed by atoms with Crippen molar-refractivity contribution in [2.75, 3.05) is 57.3 Å². The predicted octanol–water partition coefficient (Wildman–Crippen LogP) is 3.02. The zero-order valence-corrected chi connectivity index (χ0v) is 17.3. The molecule has 2 fully saturated rings. The van der Waals surface area contributed by atoms with E-state index in [1.165, 1.54) is 51.1 Å². The molecule has 0 aliphatic carbocycles. The van der Waals surface area contributed by atoms with Crippen LogP contribution in [0.5, 0.6) is 5.88 Å². The molecule has 0 unspecified atom stereocenters. The first kappa shape index (κ1) is 19.4. The van der Waals surface area contributed by atoms with Gasteiger partial charge in [-0.25, -0.2) is 9.97 Å². The van der Waals surface area contributed by atoms with Crippen LogP contribution < -0.4 is 9.64 Å². The summed E-state index contributed by atoms with van der Waals surface area (Å²) in [5.74, 6) is 0.682. The van der Waals surface area contributed by atoms with E-state index in [0.29, 0.717) is 5.88 Å². The maximum absolute atomic E-state index is 5.89. The van der Waals surface area contributed by atoms with E-state index in [4.69, 9.17) is 4.74 Å². The molecule has 0 bridgehead atoms. The Morgan fingerprint density at radius 1 is 0.893 bits per heavy atom. The number of piperidine rings is 1. The molecule has 0 atom stereocenters. The van der Waals surface area contributed by atoms with E-state index in [0.717, 1.165) is 37.1 Å². The van der Waals surface area contributed by atoms with Crippen LogP contribution in [0.1, 0.15) is 33.1 Å². The molecule has 0 saturated carbocycles. The van der Waals surface area contributed by atoms with Crippen LogP contribution in [-0.2, 0) is 0 Å². The summed E-state index contributed by atoms with van der Waals surface area (Å²) in [5.41, 5.74) is 2.18. The second kappa shape index (κ2) is 9.05. The van der Waals surface area contributed by atoms with Crippen molar-refractivity contribution in [1.29, 1.82) is 0 Å². The number of rotatable bonds is 6. The summed E-state index contributed by atoms with van der Waals surface area (Å²) in [6.07, 6.45) is 5.85. The van der Waals surface area contributed by atoms with Crippen LogP contribution in [0.15, 0.2) is 24.5 Å². The second-order valence-electron chi connectivity index (χ2n) is 8.28. The monoisotopic (exact) mass is 383 g/mol. The van der Waals surface area contributed by atoms with Crippen LogP contribution >= 0.6 is 0 Å². The van der Waals surface area contributed by atoms with Crippen molar-refractivity contribution >= 4 is 16.6 Å². The van der Waals surface area contributed by atoms with Crippen molar-refractivity contribution in [3.05, 3.63) is 24.5 Å². The van der Waals surface area contributed by atoms with Crippen molar-refractivity contribution in [3.8, 4) is 5.88 Å². The van der Waals surface area contributed by atoms with E-state index in [1.807, 2.05) is 13.8 Å². The Bertz CT molecular complexity index is 767. The second-order valence-corrected chi connectivity index (χ2v) is 8.28. The Morgan fingerprint density at radius 2 is 1.61 bits per heavy atom. The van der Waals surface area contributed by atoms with Gasteiger partial charge in [-0.1, -0.05) is 6.42 Å². The number of anilines is 1. The maximum atomic E-state index is 5.89. The van der Waals surface area contributed by atoms with Crippen molar-refractivity contribution in [2.45, 2.75) is 39.2 Å². The number of benzene rings is 1. The van der Waals surface area contributed by atoms with Gasteiger partial charge in [-0.15, -0.1) is 0 Å². The van der Waals surface area contributed by atoms with Gasteiger partial charge in [0.25, 0.3) is 0 Å². The van der Waals surface area contributed by atoms with Gasteiger partial charge in [0.15, 0.2) is 0 Å². The highest BCUT2D eigenvalue weighted by atomic mass is 16.5. The smallest absolute Gasteiger partial charge is 0.224 e. The van der Waals surface area contributed by atoms with Gasteiger partial charge in [0, 0.05) is 45.0 Å². The Morgan fingerprint density at radius 3 is 2.32 bits per heavy atom. The first-order valence-electron chi connectivity index (χ1n) is 10.8. The maximum Gasteiger partial charge on any atom is 0.224 e. The fraction of sp³-hybridized carbons (Fsp3) is 0.636. The minimum atomic E-state index is 0.102. The Balaban J connectivity index is 1.36. The van der Waals surface area contributed by atoms with E-state index in [-0.39, 0.29) is 6.10 Å². The zero-order valence-electron chi connectivity index (χ0n) is 17.3. The topological polar surface area (TPSA) is 44.7 Å². The molecule has 3 heterocycles. The van der Waals surface area contributed by atoms with Gasteiger partial charge in [0.05, 0.1) is 17.0 Å². The van der Waals surface area contributed by atoms with Gasteiger partial charge in [0.1, 0.15) is 6.33 Å². The van der Waals surface area contributed by atoms with Crippen LogP contribution in [0.3, 0.4) is 0 Å². The van der Waals surface area contributed by atoms with Crippen molar-refractivity contribution in [1.82, 2.24) is 19.8 Å². The number of hydrogen-bond acceptors (Lipinski definition) is 6. The van der Waals surface area contributed by atoms with Gasteiger partial charge in [-0.3, -0.25) is 4.90 Å². The molecule has 2 aliphatic rings. The number of ether oxygens (including phenoxy) is 1. The summed E-state index contributed by atoms with van der Waals surface area (Å²) in [4.78, 5) is 16.5. The van der Waals surface area contributed by atoms with Crippen LogP contribution in [0.25, 0.3) is 10.9 Å². The fourth-order valence-electron chi connectivity index (χ4n) is 4.23. The summed E-state index contributed by atoms with van der Waals surface area (Å²) in [7, 11) is 0. The first-order chi connectivity index (χ1) is 13.7. The Labute approximate surface area is 168 Å². The molecule has 6 nitrogen and oxygen atoms in total. The number of nitrogens with zero attached hydrogens (tertiary/aromatic N) is 5. The lowest BCUT2D eigenvalue weighted by Gasteiger charge is -2.37. The van der Waals surface area contributed by atoms with Crippen LogP contribution in [-0.4, -0.2) is 78.2 Å². The third-order valence-electron chi connectivity index (χ3n) is 5.85. The predicted molar refractivity (Wildman–Crippen MR) is 114 cm³/mol. The SMILES string of the molecule is CC(C)Oc1ncnc2ccc(N3CCN(CCN4CCCCC4)CC3)cc12. The molecule has 6 heteroatoms. The molecule has 0 amide bonds. The van der Waals surface area contributed by atoms with Crippen LogP contribution in [0, 0.1) is 0 Å². The quantitative estimate of drug-likeness (QED) is 0.764. The summed E-state index contributed by atoms with van der Waals surface area (Å²) in [5, 5.41) is 1.00. The molecule has 0 N–H and O–H groups in total. The average molecular weight is 384 g/mol. The van der Waals surface area contributed by atoms with Gasteiger partial charge >= 0.3 is 0 Å². The van der Waals surface area contributed by atoms with Crippen LogP contribution in [0.4, 0.5) is 5.69 Å². The van der Waals surface area contributed by atoms with Crippen molar-refractivity contribution in [2.24, 2.45) is 0 Å².